The smallest absolute Gasteiger partial charge is 0.330 e. The van der Waals surface area contributed by atoms with Crippen LogP contribution >= 0.6 is 23.2 Å². The second kappa shape index (κ2) is 9.82. The molecule has 8 nitrogen and oxygen atoms in total. The van der Waals surface area contributed by atoms with Gasteiger partial charge in [0.15, 0.2) is 5.69 Å². The first-order valence-electron chi connectivity index (χ1n) is 9.25. The molecule has 0 bridgehead atoms. The molecule has 0 aliphatic rings. The van der Waals surface area contributed by atoms with Crippen LogP contribution in [-0.4, -0.2) is 35.7 Å². The normalized spacial score (nSPS) is 10.8. The summed E-state index contributed by atoms with van der Waals surface area (Å²) < 4.78 is 6.29. The summed E-state index contributed by atoms with van der Waals surface area (Å²) in [5.41, 5.74) is 5.57. The van der Waals surface area contributed by atoms with E-state index in [9.17, 15) is 14.4 Å². The maximum absolute atomic E-state index is 13.3. The van der Waals surface area contributed by atoms with Crippen LogP contribution < -0.4 is 21.9 Å². The number of ether oxygens (including phenoxy) is 1. The van der Waals surface area contributed by atoms with Gasteiger partial charge in [-0.15, -0.1) is 0 Å². The average molecular weight is 463 g/mol. The van der Waals surface area contributed by atoms with Crippen molar-refractivity contribution in [1.82, 2.24) is 9.55 Å². The van der Waals surface area contributed by atoms with Crippen LogP contribution in [0.25, 0.3) is 0 Å². The molecule has 0 aliphatic carbocycles. The van der Waals surface area contributed by atoms with Gasteiger partial charge in [-0.1, -0.05) is 53.5 Å². The number of nitrogens with two attached hydrogens (primary N) is 1. The number of amides is 1. The average Bonchev–Trinajstić information content (AvgIpc) is 2.73. The summed E-state index contributed by atoms with van der Waals surface area (Å²) in [4.78, 5) is 41.8. The van der Waals surface area contributed by atoms with Crippen molar-refractivity contribution in [3.8, 4) is 0 Å². The number of anilines is 2. The zero-order chi connectivity index (χ0) is 22.5. The van der Waals surface area contributed by atoms with Crippen molar-refractivity contribution in [3.05, 3.63) is 90.5 Å². The van der Waals surface area contributed by atoms with E-state index in [1.54, 1.807) is 0 Å². The van der Waals surface area contributed by atoms with E-state index in [4.69, 9.17) is 33.7 Å². The van der Waals surface area contributed by atoms with Gasteiger partial charge in [-0.05, 0) is 23.8 Å². The van der Waals surface area contributed by atoms with E-state index in [0.29, 0.717) is 0 Å². The maximum atomic E-state index is 13.3. The lowest BCUT2D eigenvalue weighted by Gasteiger charge is -2.24. The maximum Gasteiger partial charge on any atom is 0.330 e. The van der Waals surface area contributed by atoms with Gasteiger partial charge in [-0.2, -0.15) is 0 Å². The number of halogens is 2. The quantitative estimate of drug-likeness (QED) is 0.560. The Morgan fingerprint density at radius 3 is 2.39 bits per heavy atom. The first-order chi connectivity index (χ1) is 14.8. The molecule has 0 atom stereocenters. The number of methoxy groups -OCH3 is 1. The van der Waals surface area contributed by atoms with Gasteiger partial charge < -0.3 is 10.5 Å². The SMILES string of the molecule is COCCN(C(=O)c1cc(Cl)cc(Cl)c1)c1c(N)n(Cc2ccccc2)c(=O)[nH]c1=O. The lowest BCUT2D eigenvalue weighted by Crippen LogP contribution is -2.42. The van der Waals surface area contributed by atoms with Crippen LogP contribution in [0.15, 0.2) is 58.1 Å². The number of benzene rings is 2. The number of aromatic nitrogens is 2. The Bertz CT molecular complexity index is 1190. The summed E-state index contributed by atoms with van der Waals surface area (Å²) in [6, 6.07) is 13.5. The van der Waals surface area contributed by atoms with Crippen molar-refractivity contribution in [1.29, 1.82) is 0 Å². The van der Waals surface area contributed by atoms with E-state index in [1.165, 1.54) is 29.9 Å². The molecule has 3 aromatic rings. The van der Waals surface area contributed by atoms with Crippen molar-refractivity contribution in [2.45, 2.75) is 6.54 Å². The summed E-state index contributed by atoms with van der Waals surface area (Å²) >= 11 is 12.1. The first kappa shape index (κ1) is 22.6. The van der Waals surface area contributed by atoms with Gasteiger partial charge in [0.25, 0.3) is 11.5 Å². The summed E-state index contributed by atoms with van der Waals surface area (Å²) in [6.45, 7) is 0.248. The third kappa shape index (κ3) is 5.16. The summed E-state index contributed by atoms with van der Waals surface area (Å²) in [6.07, 6.45) is 0. The Morgan fingerprint density at radius 2 is 1.77 bits per heavy atom. The highest BCUT2D eigenvalue weighted by Crippen LogP contribution is 2.24. The third-order valence-electron chi connectivity index (χ3n) is 4.54. The molecule has 0 saturated heterocycles. The lowest BCUT2D eigenvalue weighted by atomic mass is 10.2. The van der Waals surface area contributed by atoms with Gasteiger partial charge in [0, 0.05) is 29.3 Å². The zero-order valence-electron chi connectivity index (χ0n) is 16.6. The summed E-state index contributed by atoms with van der Waals surface area (Å²) in [7, 11) is 1.46. The molecule has 162 valence electrons. The fourth-order valence-corrected chi connectivity index (χ4v) is 3.62. The number of carbonyl (C=O) groups is 1. The molecule has 31 heavy (non-hydrogen) atoms. The molecular weight excluding hydrogens is 443 g/mol. The van der Waals surface area contributed by atoms with E-state index in [0.717, 1.165) is 10.5 Å². The number of nitrogens with one attached hydrogen (secondary N) is 1. The minimum Gasteiger partial charge on any atom is -0.383 e. The van der Waals surface area contributed by atoms with E-state index >= 15 is 0 Å². The molecular formula is C21H20Cl2N4O4. The minimum absolute atomic E-state index is 0.0102. The Kier molecular flexibility index (Phi) is 7.17. The molecule has 0 radical (unpaired) electrons. The number of hydrogen-bond acceptors (Lipinski definition) is 5. The van der Waals surface area contributed by atoms with Gasteiger partial charge in [0.2, 0.25) is 0 Å². The predicted octanol–water partition coefficient (Wildman–Crippen LogP) is 2.77. The highest BCUT2D eigenvalue weighted by atomic mass is 35.5. The number of aromatic amines is 1. The monoisotopic (exact) mass is 462 g/mol. The van der Waals surface area contributed by atoms with Crippen molar-refractivity contribution in [2.75, 3.05) is 30.9 Å². The highest BCUT2D eigenvalue weighted by Gasteiger charge is 2.25. The van der Waals surface area contributed by atoms with Crippen molar-refractivity contribution >= 4 is 40.6 Å². The van der Waals surface area contributed by atoms with E-state index < -0.39 is 17.2 Å². The second-order valence-corrected chi connectivity index (χ2v) is 7.55. The molecule has 3 rings (SSSR count). The molecule has 2 aromatic carbocycles. The van der Waals surface area contributed by atoms with E-state index in [1.807, 2.05) is 30.3 Å². The van der Waals surface area contributed by atoms with Crippen LogP contribution in [0.1, 0.15) is 15.9 Å². The van der Waals surface area contributed by atoms with Gasteiger partial charge in [0.05, 0.1) is 13.2 Å². The van der Waals surface area contributed by atoms with Gasteiger partial charge >= 0.3 is 5.69 Å². The second-order valence-electron chi connectivity index (χ2n) is 6.67. The minimum atomic E-state index is -0.788. The Labute approximate surface area is 187 Å². The first-order valence-corrected chi connectivity index (χ1v) is 10.0. The Hall–Kier alpha value is -3.07. The third-order valence-corrected chi connectivity index (χ3v) is 4.98. The van der Waals surface area contributed by atoms with Crippen molar-refractivity contribution in [2.24, 2.45) is 0 Å². The van der Waals surface area contributed by atoms with Crippen LogP contribution in [0, 0.1) is 0 Å². The predicted molar refractivity (Wildman–Crippen MR) is 121 cm³/mol. The molecule has 1 aromatic heterocycles. The number of nitrogen functional groups attached to an aromatic ring is 1. The van der Waals surface area contributed by atoms with Gasteiger partial charge in [-0.3, -0.25) is 24.0 Å². The summed E-state index contributed by atoms with van der Waals surface area (Å²) in [5.74, 6) is -0.709. The van der Waals surface area contributed by atoms with Crippen molar-refractivity contribution < 1.29 is 9.53 Å². The topological polar surface area (TPSA) is 110 Å². The summed E-state index contributed by atoms with van der Waals surface area (Å²) in [5, 5.41) is 0.525. The molecule has 0 aliphatic heterocycles. The van der Waals surface area contributed by atoms with Crippen LogP contribution in [0.5, 0.6) is 0 Å². The van der Waals surface area contributed by atoms with Gasteiger partial charge in [0.1, 0.15) is 5.82 Å². The fourth-order valence-electron chi connectivity index (χ4n) is 3.09. The molecule has 1 amide bonds. The largest absolute Gasteiger partial charge is 0.383 e. The van der Waals surface area contributed by atoms with E-state index in [2.05, 4.69) is 4.98 Å². The highest BCUT2D eigenvalue weighted by molar-refractivity contribution is 6.35. The number of hydrogen-bond donors (Lipinski definition) is 2. The van der Waals surface area contributed by atoms with Crippen molar-refractivity contribution in [3.63, 3.8) is 0 Å². The Morgan fingerprint density at radius 1 is 1.13 bits per heavy atom. The molecule has 3 N–H and O–H groups in total. The number of carbonyl (C=O) groups excluding carboxylic acids is 1. The van der Waals surface area contributed by atoms with Crippen LogP contribution in [-0.2, 0) is 11.3 Å². The lowest BCUT2D eigenvalue weighted by molar-refractivity contribution is 0.0975. The van der Waals surface area contributed by atoms with Crippen LogP contribution in [0.4, 0.5) is 11.5 Å². The molecule has 0 fully saturated rings. The van der Waals surface area contributed by atoms with Crippen LogP contribution in [0.3, 0.4) is 0 Å². The number of nitrogens with zero attached hydrogens (tertiary/aromatic N) is 2. The van der Waals surface area contributed by atoms with E-state index in [-0.39, 0.29) is 46.8 Å². The molecule has 0 unspecified atom stereocenters. The van der Waals surface area contributed by atoms with Crippen LogP contribution in [0.2, 0.25) is 10.0 Å². The Balaban J connectivity index is 2.12. The number of H-pyrrole nitrogens is 1. The zero-order valence-corrected chi connectivity index (χ0v) is 18.1. The number of rotatable bonds is 7. The standard InChI is InChI=1S/C21H20Cl2N4O4/c1-31-8-7-26(20(29)14-9-15(22)11-16(23)10-14)17-18(24)27(21(30)25-19(17)28)12-13-5-3-2-4-6-13/h2-6,9-11H,7-8,12,24H2,1H3,(H,25,28,30). The molecule has 10 heteroatoms. The molecule has 1 heterocycles. The van der Waals surface area contributed by atoms with Gasteiger partial charge in [-0.25, -0.2) is 4.79 Å². The fraction of sp³-hybridized carbons (Fsp3) is 0.190. The molecule has 0 spiro atoms. The molecule has 0 saturated carbocycles.